The minimum Gasteiger partial charge on any atom is -0.377 e. The van der Waals surface area contributed by atoms with Crippen molar-refractivity contribution in [3.8, 4) is 0 Å². The second kappa shape index (κ2) is 6.50. The molecule has 0 atom stereocenters. The van der Waals surface area contributed by atoms with Crippen molar-refractivity contribution in [3.63, 3.8) is 0 Å². The Balaban J connectivity index is 2.19. The summed E-state index contributed by atoms with van der Waals surface area (Å²) in [5, 5.41) is 0. The first kappa shape index (κ1) is 14.5. The van der Waals surface area contributed by atoms with Crippen molar-refractivity contribution < 1.29 is 13.2 Å². The second-order valence-corrected chi connectivity index (χ2v) is 6.69. The van der Waals surface area contributed by atoms with Crippen LogP contribution in [0.2, 0.25) is 0 Å². The molecule has 1 aliphatic rings. The van der Waals surface area contributed by atoms with E-state index >= 15 is 0 Å². The van der Waals surface area contributed by atoms with E-state index in [1.165, 1.54) is 0 Å². The lowest BCUT2D eigenvalue weighted by Gasteiger charge is -2.26. The highest BCUT2D eigenvalue weighted by molar-refractivity contribution is 7.89. The summed E-state index contributed by atoms with van der Waals surface area (Å²) in [4.78, 5) is 0.381. The van der Waals surface area contributed by atoms with Gasteiger partial charge in [0.15, 0.2) is 0 Å². The van der Waals surface area contributed by atoms with E-state index in [1.807, 2.05) is 13.0 Å². The Morgan fingerprint density at radius 2 is 1.95 bits per heavy atom. The molecule has 106 valence electrons. The van der Waals surface area contributed by atoms with Gasteiger partial charge in [0.25, 0.3) is 0 Å². The smallest absolute Gasteiger partial charge is 0.243 e. The van der Waals surface area contributed by atoms with Gasteiger partial charge >= 0.3 is 0 Å². The molecule has 4 nitrogen and oxygen atoms in total. The van der Waals surface area contributed by atoms with Gasteiger partial charge < -0.3 is 4.74 Å². The van der Waals surface area contributed by atoms with Gasteiger partial charge in [0.2, 0.25) is 10.0 Å². The normalized spacial score (nSPS) is 17.5. The van der Waals surface area contributed by atoms with Crippen molar-refractivity contribution in [2.24, 2.45) is 0 Å². The van der Waals surface area contributed by atoms with E-state index in [9.17, 15) is 8.42 Å². The van der Waals surface area contributed by atoms with Gasteiger partial charge in [0, 0.05) is 19.7 Å². The molecule has 0 spiro atoms. The van der Waals surface area contributed by atoms with Crippen LogP contribution in [0.15, 0.2) is 29.2 Å². The van der Waals surface area contributed by atoms with Gasteiger partial charge in [-0.15, -0.1) is 0 Å². The van der Waals surface area contributed by atoms with Crippen molar-refractivity contribution in [1.82, 2.24) is 4.31 Å². The minimum atomic E-state index is -3.33. The number of sulfonamides is 1. The fourth-order valence-corrected chi connectivity index (χ4v) is 3.86. The lowest BCUT2D eigenvalue weighted by atomic mass is 10.2. The van der Waals surface area contributed by atoms with Gasteiger partial charge in [-0.05, 0) is 37.5 Å². The number of piperidine rings is 1. The van der Waals surface area contributed by atoms with Gasteiger partial charge in [-0.1, -0.05) is 18.6 Å². The van der Waals surface area contributed by atoms with Crippen molar-refractivity contribution in [3.05, 3.63) is 29.8 Å². The van der Waals surface area contributed by atoms with Crippen LogP contribution >= 0.6 is 0 Å². The molecule has 1 heterocycles. The number of rotatable bonds is 5. The summed E-state index contributed by atoms with van der Waals surface area (Å²) in [6.45, 7) is 4.29. The van der Waals surface area contributed by atoms with Crippen molar-refractivity contribution in [2.75, 3.05) is 19.7 Å². The highest BCUT2D eigenvalue weighted by atomic mass is 32.2. The third-order valence-corrected chi connectivity index (χ3v) is 5.22. The van der Waals surface area contributed by atoms with Crippen LogP contribution in [0.3, 0.4) is 0 Å². The molecular formula is C14H21NO3S. The summed E-state index contributed by atoms with van der Waals surface area (Å²) < 4.78 is 31.9. The summed E-state index contributed by atoms with van der Waals surface area (Å²) in [7, 11) is -3.33. The summed E-state index contributed by atoms with van der Waals surface area (Å²) in [5.41, 5.74) is 0.903. The highest BCUT2D eigenvalue weighted by Crippen LogP contribution is 2.21. The number of hydrogen-bond donors (Lipinski definition) is 0. The molecule has 5 heteroatoms. The fourth-order valence-electron chi connectivity index (χ4n) is 2.27. The number of benzene rings is 1. The summed E-state index contributed by atoms with van der Waals surface area (Å²) in [5.74, 6) is 0. The Kier molecular flexibility index (Phi) is 4.96. The van der Waals surface area contributed by atoms with E-state index in [0.717, 1.165) is 24.8 Å². The molecule has 0 radical (unpaired) electrons. The number of hydrogen-bond acceptors (Lipinski definition) is 3. The first-order valence-corrected chi connectivity index (χ1v) is 8.25. The maximum absolute atomic E-state index is 12.5. The Morgan fingerprint density at radius 1 is 1.21 bits per heavy atom. The molecular weight excluding hydrogens is 262 g/mol. The Hall–Kier alpha value is -0.910. The molecule has 0 amide bonds. The van der Waals surface area contributed by atoms with E-state index in [1.54, 1.807) is 22.5 Å². The summed E-state index contributed by atoms with van der Waals surface area (Å²) >= 11 is 0. The van der Waals surface area contributed by atoms with Crippen molar-refractivity contribution in [2.45, 2.75) is 37.7 Å². The monoisotopic (exact) mass is 283 g/mol. The topological polar surface area (TPSA) is 46.6 Å². The molecule has 0 aliphatic carbocycles. The van der Waals surface area contributed by atoms with Crippen LogP contribution in [-0.4, -0.2) is 32.4 Å². The van der Waals surface area contributed by atoms with E-state index < -0.39 is 10.0 Å². The van der Waals surface area contributed by atoms with E-state index in [-0.39, 0.29) is 0 Å². The molecule has 0 saturated carbocycles. The lowest BCUT2D eigenvalue weighted by Crippen LogP contribution is -2.35. The zero-order valence-corrected chi connectivity index (χ0v) is 12.2. The fraction of sp³-hybridized carbons (Fsp3) is 0.571. The average Bonchev–Trinajstić information content (AvgIpc) is 2.46. The molecule has 19 heavy (non-hydrogen) atoms. The maximum Gasteiger partial charge on any atom is 0.243 e. The third kappa shape index (κ3) is 3.55. The molecule has 1 aromatic rings. The van der Waals surface area contributed by atoms with Crippen molar-refractivity contribution in [1.29, 1.82) is 0 Å². The summed E-state index contributed by atoms with van der Waals surface area (Å²) in [6.07, 6.45) is 3.03. The first-order chi connectivity index (χ1) is 9.14. The van der Waals surface area contributed by atoms with Crippen LogP contribution < -0.4 is 0 Å². The number of nitrogens with zero attached hydrogens (tertiary/aromatic N) is 1. The van der Waals surface area contributed by atoms with Gasteiger partial charge in [-0.2, -0.15) is 4.31 Å². The van der Waals surface area contributed by atoms with Crippen LogP contribution in [0, 0.1) is 0 Å². The molecule has 1 aliphatic heterocycles. The van der Waals surface area contributed by atoms with E-state index in [4.69, 9.17) is 4.74 Å². The Labute approximate surface area is 115 Å². The zero-order chi connectivity index (χ0) is 13.7. The molecule has 0 bridgehead atoms. The van der Waals surface area contributed by atoms with Gasteiger partial charge in [0.05, 0.1) is 11.5 Å². The predicted molar refractivity (Wildman–Crippen MR) is 74.4 cm³/mol. The first-order valence-electron chi connectivity index (χ1n) is 6.81. The maximum atomic E-state index is 12.5. The van der Waals surface area contributed by atoms with Crippen molar-refractivity contribution >= 4 is 10.0 Å². The van der Waals surface area contributed by atoms with Crippen LogP contribution in [-0.2, 0) is 21.4 Å². The van der Waals surface area contributed by atoms with Crippen LogP contribution in [0.5, 0.6) is 0 Å². The molecule has 1 saturated heterocycles. The number of ether oxygens (including phenoxy) is 1. The molecule has 0 aromatic heterocycles. The predicted octanol–water partition coefficient (Wildman–Crippen LogP) is 2.40. The van der Waals surface area contributed by atoms with Crippen LogP contribution in [0.1, 0.15) is 31.7 Å². The second-order valence-electron chi connectivity index (χ2n) is 4.75. The average molecular weight is 283 g/mol. The standard InChI is InChI=1S/C14H21NO3S/c1-2-18-12-13-7-6-8-14(11-13)19(16,17)15-9-4-3-5-10-15/h6-8,11H,2-5,9-10,12H2,1H3. The highest BCUT2D eigenvalue weighted by Gasteiger charge is 2.25. The Morgan fingerprint density at radius 3 is 2.63 bits per heavy atom. The molecule has 2 rings (SSSR count). The van der Waals surface area contributed by atoms with Gasteiger partial charge in [-0.3, -0.25) is 0 Å². The van der Waals surface area contributed by atoms with Gasteiger partial charge in [-0.25, -0.2) is 8.42 Å². The lowest BCUT2D eigenvalue weighted by molar-refractivity contribution is 0.134. The molecule has 1 aromatic carbocycles. The molecule has 0 unspecified atom stereocenters. The van der Waals surface area contributed by atoms with E-state index in [2.05, 4.69) is 0 Å². The third-order valence-electron chi connectivity index (χ3n) is 3.32. The quantitative estimate of drug-likeness (QED) is 0.833. The largest absolute Gasteiger partial charge is 0.377 e. The molecule has 0 N–H and O–H groups in total. The van der Waals surface area contributed by atoms with Crippen LogP contribution in [0.25, 0.3) is 0 Å². The zero-order valence-electron chi connectivity index (χ0n) is 11.3. The van der Waals surface area contributed by atoms with E-state index in [0.29, 0.717) is 31.2 Å². The molecule has 1 fully saturated rings. The minimum absolute atomic E-state index is 0.381. The van der Waals surface area contributed by atoms with Crippen LogP contribution in [0.4, 0.5) is 0 Å². The van der Waals surface area contributed by atoms with Gasteiger partial charge in [0.1, 0.15) is 0 Å². The summed E-state index contributed by atoms with van der Waals surface area (Å²) in [6, 6.07) is 7.06. The SMILES string of the molecule is CCOCc1cccc(S(=O)(=O)N2CCCCC2)c1. The Bertz CT molecular complexity index is 507.